The first-order valence-corrected chi connectivity index (χ1v) is 9.58. The van der Waals surface area contributed by atoms with Crippen LogP contribution in [-0.4, -0.2) is 34.7 Å². The number of nitro groups is 1. The van der Waals surface area contributed by atoms with Crippen molar-refractivity contribution in [2.45, 2.75) is 26.7 Å². The van der Waals surface area contributed by atoms with Crippen molar-refractivity contribution in [1.29, 1.82) is 0 Å². The lowest BCUT2D eigenvalue weighted by Gasteiger charge is -2.20. The molecule has 0 aromatic heterocycles. The summed E-state index contributed by atoms with van der Waals surface area (Å²) in [7, 11) is 0. The molecule has 1 fully saturated rings. The second-order valence-electron chi connectivity index (χ2n) is 7.51. The molecule has 29 heavy (non-hydrogen) atoms. The molecule has 0 spiro atoms. The number of amides is 2. The van der Waals surface area contributed by atoms with Gasteiger partial charge in [-0.3, -0.25) is 19.7 Å². The smallest absolute Gasteiger partial charge is 0.282 e. The van der Waals surface area contributed by atoms with Crippen molar-refractivity contribution in [2.24, 2.45) is 0 Å². The van der Waals surface area contributed by atoms with E-state index < -0.39 is 10.8 Å². The molecule has 0 atom stereocenters. The molecule has 2 amide bonds. The standard InChI is InChI=1S/C22H21N3O4/c1-14-11-15(2)13-18(12-14)24-21(26)19(16-5-7-17(8-6-16)25(28)29)20(22(24)27)23-9-3-4-10-23/h5-8,11-13H,3-4,9-10H2,1-2H3. The second-order valence-corrected chi connectivity index (χ2v) is 7.51. The third kappa shape index (κ3) is 3.29. The van der Waals surface area contributed by atoms with E-state index in [1.54, 1.807) is 12.1 Å². The van der Waals surface area contributed by atoms with E-state index in [2.05, 4.69) is 0 Å². The number of anilines is 1. The van der Waals surface area contributed by atoms with E-state index in [0.717, 1.165) is 24.0 Å². The fourth-order valence-corrected chi connectivity index (χ4v) is 4.08. The first-order chi connectivity index (χ1) is 13.9. The zero-order valence-corrected chi connectivity index (χ0v) is 16.3. The number of carbonyl (C=O) groups is 2. The molecular formula is C22H21N3O4. The van der Waals surface area contributed by atoms with Crippen LogP contribution in [0.4, 0.5) is 11.4 Å². The molecular weight excluding hydrogens is 370 g/mol. The minimum Gasteiger partial charge on any atom is -0.366 e. The van der Waals surface area contributed by atoms with Gasteiger partial charge in [-0.1, -0.05) is 6.07 Å². The van der Waals surface area contributed by atoms with Gasteiger partial charge in [0.15, 0.2) is 0 Å². The highest BCUT2D eigenvalue weighted by molar-refractivity contribution is 6.45. The molecule has 0 radical (unpaired) electrons. The predicted molar refractivity (Wildman–Crippen MR) is 109 cm³/mol. The first kappa shape index (κ1) is 18.9. The molecule has 2 aromatic carbocycles. The van der Waals surface area contributed by atoms with Crippen molar-refractivity contribution in [3.63, 3.8) is 0 Å². The molecule has 7 heteroatoms. The molecule has 4 rings (SSSR count). The van der Waals surface area contributed by atoms with Gasteiger partial charge in [0.25, 0.3) is 17.5 Å². The molecule has 0 unspecified atom stereocenters. The van der Waals surface area contributed by atoms with Gasteiger partial charge < -0.3 is 4.90 Å². The summed E-state index contributed by atoms with van der Waals surface area (Å²) in [4.78, 5) is 40.5. The van der Waals surface area contributed by atoms with Crippen molar-refractivity contribution >= 4 is 28.8 Å². The highest BCUT2D eigenvalue weighted by Gasteiger charge is 2.43. The number of benzene rings is 2. The molecule has 0 aliphatic carbocycles. The number of imide groups is 1. The Morgan fingerprint density at radius 3 is 2.03 bits per heavy atom. The van der Waals surface area contributed by atoms with Gasteiger partial charge >= 0.3 is 0 Å². The van der Waals surface area contributed by atoms with Crippen molar-refractivity contribution in [1.82, 2.24) is 4.90 Å². The van der Waals surface area contributed by atoms with Crippen molar-refractivity contribution in [3.05, 3.63) is 75.0 Å². The Labute approximate surface area is 168 Å². The monoisotopic (exact) mass is 391 g/mol. The van der Waals surface area contributed by atoms with Crippen LogP contribution in [-0.2, 0) is 9.59 Å². The number of carbonyl (C=O) groups excluding carboxylic acids is 2. The summed E-state index contributed by atoms with van der Waals surface area (Å²) in [6, 6.07) is 11.4. The zero-order chi connectivity index (χ0) is 20.7. The molecule has 0 bridgehead atoms. The van der Waals surface area contributed by atoms with Gasteiger partial charge in [-0.25, -0.2) is 4.90 Å². The Hall–Kier alpha value is -3.48. The maximum Gasteiger partial charge on any atom is 0.282 e. The minimum absolute atomic E-state index is 0.0555. The largest absolute Gasteiger partial charge is 0.366 e. The van der Waals surface area contributed by atoms with E-state index in [0.29, 0.717) is 35.6 Å². The minimum atomic E-state index is -0.483. The third-order valence-corrected chi connectivity index (χ3v) is 5.31. The molecule has 2 aliphatic heterocycles. The summed E-state index contributed by atoms with van der Waals surface area (Å²) in [5.74, 6) is -0.731. The van der Waals surface area contributed by atoms with Crippen LogP contribution in [0, 0.1) is 24.0 Å². The van der Waals surface area contributed by atoms with Crippen LogP contribution in [0.25, 0.3) is 5.57 Å². The van der Waals surface area contributed by atoms with Gasteiger partial charge in [0.1, 0.15) is 5.70 Å². The average Bonchev–Trinajstić information content (AvgIpc) is 3.27. The van der Waals surface area contributed by atoms with Gasteiger partial charge in [-0.2, -0.15) is 0 Å². The lowest BCUT2D eigenvalue weighted by atomic mass is 10.0. The van der Waals surface area contributed by atoms with Crippen molar-refractivity contribution in [2.75, 3.05) is 18.0 Å². The van der Waals surface area contributed by atoms with Gasteiger partial charge in [0.05, 0.1) is 16.2 Å². The van der Waals surface area contributed by atoms with E-state index in [1.807, 2.05) is 36.9 Å². The number of hydrogen-bond acceptors (Lipinski definition) is 5. The van der Waals surface area contributed by atoms with Crippen LogP contribution < -0.4 is 4.90 Å². The summed E-state index contributed by atoms with van der Waals surface area (Å²) in [5, 5.41) is 11.0. The fraction of sp³-hybridized carbons (Fsp3) is 0.273. The summed E-state index contributed by atoms with van der Waals surface area (Å²) in [5.41, 5.74) is 3.64. The highest BCUT2D eigenvalue weighted by Crippen LogP contribution is 2.37. The quantitative estimate of drug-likeness (QED) is 0.452. The molecule has 2 heterocycles. The lowest BCUT2D eigenvalue weighted by molar-refractivity contribution is -0.384. The summed E-state index contributed by atoms with van der Waals surface area (Å²) in [6.07, 6.45) is 1.92. The van der Waals surface area contributed by atoms with E-state index in [9.17, 15) is 19.7 Å². The summed E-state index contributed by atoms with van der Waals surface area (Å²) < 4.78 is 0. The molecule has 7 nitrogen and oxygen atoms in total. The lowest BCUT2D eigenvalue weighted by Crippen LogP contribution is -2.34. The average molecular weight is 391 g/mol. The SMILES string of the molecule is Cc1cc(C)cc(N2C(=O)C(c3ccc([N+](=O)[O-])cc3)=C(N3CCCC3)C2=O)c1. The van der Waals surface area contributed by atoms with E-state index >= 15 is 0 Å². The number of rotatable bonds is 4. The Morgan fingerprint density at radius 1 is 0.897 bits per heavy atom. The van der Waals surface area contributed by atoms with Crippen LogP contribution >= 0.6 is 0 Å². The molecule has 1 saturated heterocycles. The number of nitrogens with zero attached hydrogens (tertiary/aromatic N) is 3. The van der Waals surface area contributed by atoms with Gasteiger partial charge in [-0.05, 0) is 67.6 Å². The Bertz CT molecular complexity index is 1030. The maximum absolute atomic E-state index is 13.4. The van der Waals surface area contributed by atoms with E-state index in [1.165, 1.54) is 17.0 Å². The molecule has 2 aliphatic rings. The Balaban J connectivity index is 1.83. The third-order valence-electron chi connectivity index (χ3n) is 5.31. The van der Waals surface area contributed by atoms with Crippen LogP contribution in [0.5, 0.6) is 0 Å². The van der Waals surface area contributed by atoms with Gasteiger partial charge in [0.2, 0.25) is 0 Å². The molecule has 0 N–H and O–H groups in total. The van der Waals surface area contributed by atoms with E-state index in [-0.39, 0.29) is 11.6 Å². The normalized spacial score (nSPS) is 16.9. The Kier molecular flexibility index (Phi) is 4.66. The highest BCUT2D eigenvalue weighted by atomic mass is 16.6. The van der Waals surface area contributed by atoms with Crippen molar-refractivity contribution < 1.29 is 14.5 Å². The second kappa shape index (κ2) is 7.16. The van der Waals surface area contributed by atoms with Crippen LogP contribution in [0.2, 0.25) is 0 Å². The maximum atomic E-state index is 13.4. The van der Waals surface area contributed by atoms with E-state index in [4.69, 9.17) is 0 Å². The number of aryl methyl sites for hydroxylation is 2. The number of likely N-dealkylation sites (tertiary alicyclic amines) is 1. The number of nitro benzene ring substituents is 1. The topological polar surface area (TPSA) is 83.8 Å². The van der Waals surface area contributed by atoms with Crippen LogP contribution in [0.3, 0.4) is 0 Å². The zero-order valence-electron chi connectivity index (χ0n) is 16.3. The van der Waals surface area contributed by atoms with Gasteiger partial charge in [0, 0.05) is 25.2 Å². The molecule has 0 saturated carbocycles. The number of non-ortho nitro benzene ring substituents is 1. The predicted octanol–water partition coefficient (Wildman–Crippen LogP) is 3.59. The summed E-state index contributed by atoms with van der Waals surface area (Å²) in [6.45, 7) is 5.28. The van der Waals surface area contributed by atoms with Crippen LogP contribution in [0.15, 0.2) is 48.2 Å². The molecule has 148 valence electrons. The van der Waals surface area contributed by atoms with Gasteiger partial charge in [-0.15, -0.1) is 0 Å². The Morgan fingerprint density at radius 2 is 1.48 bits per heavy atom. The first-order valence-electron chi connectivity index (χ1n) is 9.58. The van der Waals surface area contributed by atoms with Crippen molar-refractivity contribution in [3.8, 4) is 0 Å². The molecule has 2 aromatic rings. The number of hydrogen-bond donors (Lipinski definition) is 0. The fourth-order valence-electron chi connectivity index (χ4n) is 4.08. The van der Waals surface area contributed by atoms with Crippen LogP contribution in [0.1, 0.15) is 29.5 Å². The summed E-state index contributed by atoms with van der Waals surface area (Å²) >= 11 is 0.